The maximum atomic E-state index is 12.2. The number of thioether (sulfide) groups is 1. The zero-order valence-electron chi connectivity index (χ0n) is 13.8. The first kappa shape index (κ1) is 18.5. The number of ether oxygens (including phenoxy) is 2. The van der Waals surface area contributed by atoms with Crippen LogP contribution < -0.4 is 5.32 Å². The average molecular weight is 351 g/mol. The number of rotatable bonds is 6. The number of carbonyl (C=O) groups excluding carboxylic acids is 3. The minimum atomic E-state index is -0.352. The molecule has 0 saturated carbocycles. The van der Waals surface area contributed by atoms with E-state index in [1.54, 1.807) is 18.2 Å². The van der Waals surface area contributed by atoms with Crippen LogP contribution in [0.4, 0.5) is 5.69 Å². The molecule has 1 N–H and O–H groups in total. The van der Waals surface area contributed by atoms with E-state index in [0.717, 1.165) is 4.90 Å². The topological polar surface area (TPSA) is 81.7 Å². The van der Waals surface area contributed by atoms with E-state index in [1.807, 2.05) is 6.26 Å². The van der Waals surface area contributed by atoms with Crippen molar-refractivity contribution < 1.29 is 23.9 Å². The van der Waals surface area contributed by atoms with E-state index in [2.05, 4.69) is 5.32 Å². The summed E-state index contributed by atoms with van der Waals surface area (Å²) in [6.45, 7) is 2.20. The first-order valence-corrected chi connectivity index (χ1v) is 8.97. The molecule has 0 bridgehead atoms. The van der Waals surface area contributed by atoms with Crippen molar-refractivity contribution in [2.75, 3.05) is 31.4 Å². The second-order valence-corrected chi connectivity index (χ2v) is 6.36. The third-order valence-electron chi connectivity index (χ3n) is 3.73. The summed E-state index contributed by atoms with van der Waals surface area (Å²) in [5.41, 5.74) is 0.980. The van der Waals surface area contributed by atoms with Gasteiger partial charge in [0.1, 0.15) is 0 Å². The lowest BCUT2D eigenvalue weighted by atomic mass is 10.0. The highest BCUT2D eigenvalue weighted by molar-refractivity contribution is 7.98. The summed E-state index contributed by atoms with van der Waals surface area (Å²) < 4.78 is 10.3. The Hall–Kier alpha value is -1.86. The van der Waals surface area contributed by atoms with Gasteiger partial charge < -0.3 is 14.8 Å². The third kappa shape index (κ3) is 5.07. The molecule has 1 aromatic rings. The molecule has 0 atom stereocenters. The summed E-state index contributed by atoms with van der Waals surface area (Å²) in [6.07, 6.45) is 3.14. The van der Waals surface area contributed by atoms with E-state index in [0.29, 0.717) is 37.3 Å². The van der Waals surface area contributed by atoms with Gasteiger partial charge in [-0.05, 0) is 31.2 Å². The van der Waals surface area contributed by atoms with E-state index >= 15 is 0 Å². The molecule has 6 nitrogen and oxygen atoms in total. The van der Waals surface area contributed by atoms with Crippen LogP contribution in [0.2, 0.25) is 0 Å². The van der Waals surface area contributed by atoms with Gasteiger partial charge in [-0.2, -0.15) is 0 Å². The second-order valence-electron chi connectivity index (χ2n) is 5.51. The molecule has 0 unspecified atom stereocenters. The second kappa shape index (κ2) is 8.84. The number of nitrogens with one attached hydrogen (secondary N) is 1. The van der Waals surface area contributed by atoms with Crippen LogP contribution >= 0.6 is 11.8 Å². The molecule has 130 valence electrons. The van der Waals surface area contributed by atoms with Crippen LogP contribution in [0.5, 0.6) is 0 Å². The standard InChI is InChI=1S/C17H21NO5S/c1-11(19)18-14-9-13(3-4-16(14)24-2)15(20)10-23-17(21)12-5-7-22-8-6-12/h3-4,9,12H,5-8,10H2,1-2H3,(H,18,19). The molecule has 2 rings (SSSR count). The van der Waals surface area contributed by atoms with Crippen LogP contribution in [0.25, 0.3) is 0 Å². The highest BCUT2D eigenvalue weighted by Crippen LogP contribution is 2.27. The van der Waals surface area contributed by atoms with Crippen molar-refractivity contribution in [3.63, 3.8) is 0 Å². The Morgan fingerprint density at radius 3 is 2.62 bits per heavy atom. The number of esters is 1. The van der Waals surface area contributed by atoms with Gasteiger partial charge in [0, 0.05) is 30.6 Å². The summed E-state index contributed by atoms with van der Waals surface area (Å²) in [7, 11) is 0. The lowest BCUT2D eigenvalue weighted by molar-refractivity contribution is -0.150. The van der Waals surface area contributed by atoms with Gasteiger partial charge in [-0.3, -0.25) is 14.4 Å². The number of carbonyl (C=O) groups is 3. The molecule has 1 saturated heterocycles. The van der Waals surface area contributed by atoms with Crippen molar-refractivity contribution in [3.8, 4) is 0 Å². The van der Waals surface area contributed by atoms with Crippen molar-refractivity contribution in [2.24, 2.45) is 5.92 Å². The number of amides is 1. The molecule has 1 amide bonds. The first-order chi connectivity index (χ1) is 11.5. The van der Waals surface area contributed by atoms with E-state index in [-0.39, 0.29) is 30.2 Å². The summed E-state index contributed by atoms with van der Waals surface area (Å²) in [5.74, 6) is -1.05. The van der Waals surface area contributed by atoms with E-state index in [4.69, 9.17) is 9.47 Å². The zero-order valence-corrected chi connectivity index (χ0v) is 14.6. The minimum absolute atomic E-state index is 0.194. The largest absolute Gasteiger partial charge is 0.457 e. The fourth-order valence-corrected chi connectivity index (χ4v) is 2.97. The number of Topliss-reactive ketones (excluding diaryl/α,β-unsaturated/α-hetero) is 1. The van der Waals surface area contributed by atoms with Gasteiger partial charge in [0.25, 0.3) is 0 Å². The van der Waals surface area contributed by atoms with Crippen LogP contribution in [0.1, 0.15) is 30.1 Å². The lowest BCUT2D eigenvalue weighted by Crippen LogP contribution is -2.27. The highest BCUT2D eigenvalue weighted by Gasteiger charge is 2.24. The average Bonchev–Trinajstić information content (AvgIpc) is 2.59. The molecule has 0 aliphatic carbocycles. The molecule has 24 heavy (non-hydrogen) atoms. The Kier molecular flexibility index (Phi) is 6.81. The Bertz CT molecular complexity index is 625. The van der Waals surface area contributed by atoms with E-state index in [1.165, 1.54) is 18.7 Å². The molecular weight excluding hydrogens is 330 g/mol. The van der Waals surface area contributed by atoms with Crippen LogP contribution in [-0.2, 0) is 19.1 Å². The van der Waals surface area contributed by atoms with Gasteiger partial charge in [0.15, 0.2) is 12.4 Å². The number of anilines is 1. The Balaban J connectivity index is 1.98. The van der Waals surface area contributed by atoms with Gasteiger partial charge in [0.05, 0.1) is 11.6 Å². The van der Waals surface area contributed by atoms with Crippen molar-refractivity contribution in [1.29, 1.82) is 0 Å². The molecule has 0 aromatic heterocycles. The molecule has 7 heteroatoms. The molecule has 1 aromatic carbocycles. The molecule has 1 heterocycles. The predicted octanol–water partition coefficient (Wildman–Crippen LogP) is 2.52. The smallest absolute Gasteiger partial charge is 0.309 e. The Morgan fingerprint density at radius 2 is 2.00 bits per heavy atom. The van der Waals surface area contributed by atoms with E-state index < -0.39 is 0 Å². The zero-order chi connectivity index (χ0) is 17.5. The van der Waals surface area contributed by atoms with Gasteiger partial charge in [-0.1, -0.05) is 6.07 Å². The number of benzene rings is 1. The van der Waals surface area contributed by atoms with E-state index in [9.17, 15) is 14.4 Å². The molecule has 1 aliphatic heterocycles. The number of hydrogen-bond acceptors (Lipinski definition) is 6. The first-order valence-electron chi connectivity index (χ1n) is 7.74. The maximum Gasteiger partial charge on any atom is 0.309 e. The van der Waals surface area contributed by atoms with Crippen molar-refractivity contribution in [1.82, 2.24) is 0 Å². The van der Waals surface area contributed by atoms with Gasteiger partial charge in [0.2, 0.25) is 5.91 Å². The summed E-state index contributed by atoms with van der Waals surface area (Å²) in [5, 5.41) is 2.70. The fraction of sp³-hybridized carbons (Fsp3) is 0.471. The number of ketones is 1. The lowest BCUT2D eigenvalue weighted by Gasteiger charge is -2.20. The van der Waals surface area contributed by atoms with Gasteiger partial charge in [-0.25, -0.2) is 0 Å². The van der Waals surface area contributed by atoms with Crippen molar-refractivity contribution in [3.05, 3.63) is 23.8 Å². The highest BCUT2D eigenvalue weighted by atomic mass is 32.2. The molecule has 1 aliphatic rings. The molecule has 0 radical (unpaired) electrons. The summed E-state index contributed by atoms with van der Waals surface area (Å²) >= 11 is 1.47. The Labute approximate surface area is 145 Å². The SMILES string of the molecule is CSc1ccc(C(=O)COC(=O)C2CCOCC2)cc1NC(C)=O. The molecule has 0 spiro atoms. The summed E-state index contributed by atoms with van der Waals surface area (Å²) in [6, 6.07) is 5.04. The van der Waals surface area contributed by atoms with Crippen molar-refractivity contribution >= 4 is 35.1 Å². The Morgan fingerprint density at radius 1 is 1.29 bits per heavy atom. The van der Waals surface area contributed by atoms with Crippen LogP contribution in [0.15, 0.2) is 23.1 Å². The maximum absolute atomic E-state index is 12.2. The fourth-order valence-electron chi connectivity index (χ4n) is 2.44. The van der Waals surface area contributed by atoms with Crippen LogP contribution in [0, 0.1) is 5.92 Å². The normalized spacial score (nSPS) is 14.9. The predicted molar refractivity (Wildman–Crippen MR) is 91.4 cm³/mol. The van der Waals surface area contributed by atoms with Gasteiger partial charge in [-0.15, -0.1) is 11.8 Å². The molecular formula is C17H21NO5S. The quantitative estimate of drug-likeness (QED) is 0.482. The number of hydrogen-bond donors (Lipinski definition) is 1. The minimum Gasteiger partial charge on any atom is -0.457 e. The summed E-state index contributed by atoms with van der Waals surface area (Å²) in [4.78, 5) is 36.3. The van der Waals surface area contributed by atoms with Crippen LogP contribution in [0.3, 0.4) is 0 Å². The monoisotopic (exact) mass is 351 g/mol. The van der Waals surface area contributed by atoms with Crippen molar-refractivity contribution in [2.45, 2.75) is 24.7 Å². The third-order valence-corrected chi connectivity index (χ3v) is 4.53. The van der Waals surface area contributed by atoms with Gasteiger partial charge >= 0.3 is 5.97 Å². The van der Waals surface area contributed by atoms with Crippen LogP contribution in [-0.4, -0.2) is 43.7 Å². The molecule has 1 fully saturated rings.